The molecule has 0 saturated carbocycles. The van der Waals surface area contributed by atoms with Crippen LogP contribution in [0.5, 0.6) is 0 Å². The number of carbonyl (C=O) groups is 1. The van der Waals surface area contributed by atoms with E-state index in [0.717, 1.165) is 21.4 Å². The highest BCUT2D eigenvalue weighted by Crippen LogP contribution is 2.21. The average Bonchev–Trinajstić information content (AvgIpc) is 2.67. The molecule has 0 fully saturated rings. The molecule has 2 aromatic rings. The smallest absolute Gasteiger partial charge is 0.303 e. The van der Waals surface area contributed by atoms with Crippen molar-refractivity contribution < 1.29 is 9.90 Å². The topological polar surface area (TPSA) is 55.1 Å². The van der Waals surface area contributed by atoms with Crippen molar-refractivity contribution >= 4 is 21.9 Å². The highest BCUT2D eigenvalue weighted by molar-refractivity contribution is 9.10. The van der Waals surface area contributed by atoms with Crippen molar-refractivity contribution in [3.05, 3.63) is 45.7 Å². The van der Waals surface area contributed by atoms with Crippen LogP contribution in [-0.2, 0) is 11.2 Å². The van der Waals surface area contributed by atoms with Gasteiger partial charge in [-0.1, -0.05) is 17.7 Å². The van der Waals surface area contributed by atoms with Crippen LogP contribution in [0, 0.1) is 13.8 Å². The molecule has 5 heteroatoms. The maximum Gasteiger partial charge on any atom is 0.303 e. The fourth-order valence-corrected chi connectivity index (χ4v) is 2.44. The highest BCUT2D eigenvalue weighted by atomic mass is 79.9. The van der Waals surface area contributed by atoms with Crippen molar-refractivity contribution in [1.29, 1.82) is 0 Å². The van der Waals surface area contributed by atoms with Gasteiger partial charge in [0.1, 0.15) is 0 Å². The third kappa shape index (κ3) is 3.23. The van der Waals surface area contributed by atoms with Crippen LogP contribution in [0.3, 0.4) is 0 Å². The fraction of sp³-hybridized carbons (Fsp3) is 0.286. The number of carboxylic acid groups (broad SMARTS) is 1. The monoisotopic (exact) mass is 322 g/mol. The van der Waals surface area contributed by atoms with Crippen LogP contribution in [0.15, 0.2) is 28.9 Å². The Bertz CT molecular complexity index is 620. The maximum atomic E-state index is 10.6. The summed E-state index contributed by atoms with van der Waals surface area (Å²) in [5.41, 5.74) is 4.12. The minimum Gasteiger partial charge on any atom is -0.481 e. The SMILES string of the molecule is Cc1ccc(-n2cc(Br)c(CCC(=O)O)n2)c(C)c1. The van der Waals surface area contributed by atoms with Crippen molar-refractivity contribution in [1.82, 2.24) is 9.78 Å². The second-order valence-electron chi connectivity index (χ2n) is 4.55. The van der Waals surface area contributed by atoms with E-state index in [9.17, 15) is 4.79 Å². The number of aryl methyl sites for hydroxylation is 3. The van der Waals surface area contributed by atoms with Gasteiger partial charge >= 0.3 is 5.97 Å². The van der Waals surface area contributed by atoms with Crippen LogP contribution in [0.1, 0.15) is 23.2 Å². The van der Waals surface area contributed by atoms with Crippen molar-refractivity contribution in [2.75, 3.05) is 0 Å². The first-order valence-electron chi connectivity index (χ1n) is 6.01. The molecule has 1 heterocycles. The normalized spacial score (nSPS) is 10.7. The van der Waals surface area contributed by atoms with Gasteiger partial charge < -0.3 is 5.11 Å². The molecule has 100 valence electrons. The molecule has 0 atom stereocenters. The Morgan fingerprint density at radius 1 is 1.42 bits per heavy atom. The molecule has 0 aliphatic rings. The molecule has 0 radical (unpaired) electrons. The quantitative estimate of drug-likeness (QED) is 0.939. The number of benzene rings is 1. The van der Waals surface area contributed by atoms with Gasteiger partial charge in [-0.2, -0.15) is 5.10 Å². The van der Waals surface area contributed by atoms with Gasteiger partial charge in [-0.05, 0) is 41.4 Å². The highest BCUT2D eigenvalue weighted by Gasteiger charge is 2.10. The molecule has 0 bridgehead atoms. The zero-order valence-electron chi connectivity index (χ0n) is 10.9. The first-order chi connectivity index (χ1) is 8.97. The summed E-state index contributed by atoms with van der Waals surface area (Å²) in [6.07, 6.45) is 2.38. The lowest BCUT2D eigenvalue weighted by molar-refractivity contribution is -0.136. The second-order valence-corrected chi connectivity index (χ2v) is 5.41. The predicted molar refractivity (Wildman–Crippen MR) is 76.7 cm³/mol. The molecule has 1 aromatic heterocycles. The van der Waals surface area contributed by atoms with E-state index in [1.165, 1.54) is 5.56 Å². The molecule has 0 unspecified atom stereocenters. The van der Waals surface area contributed by atoms with Gasteiger partial charge in [-0.3, -0.25) is 4.79 Å². The lowest BCUT2D eigenvalue weighted by Crippen LogP contribution is -2.01. The number of aromatic nitrogens is 2. The van der Waals surface area contributed by atoms with Gasteiger partial charge in [0, 0.05) is 12.6 Å². The van der Waals surface area contributed by atoms with Crippen molar-refractivity contribution in [2.45, 2.75) is 26.7 Å². The summed E-state index contributed by atoms with van der Waals surface area (Å²) in [7, 11) is 0. The summed E-state index contributed by atoms with van der Waals surface area (Å²) in [4.78, 5) is 10.6. The van der Waals surface area contributed by atoms with E-state index in [2.05, 4.69) is 27.1 Å². The first kappa shape index (κ1) is 13.8. The Morgan fingerprint density at radius 2 is 2.16 bits per heavy atom. The summed E-state index contributed by atoms with van der Waals surface area (Å²) in [5, 5.41) is 13.2. The molecule has 4 nitrogen and oxygen atoms in total. The van der Waals surface area contributed by atoms with E-state index in [1.54, 1.807) is 4.68 Å². The summed E-state index contributed by atoms with van der Waals surface area (Å²) in [6.45, 7) is 4.09. The number of hydrogen-bond acceptors (Lipinski definition) is 2. The zero-order chi connectivity index (χ0) is 14.0. The molecule has 19 heavy (non-hydrogen) atoms. The summed E-state index contributed by atoms with van der Waals surface area (Å²) in [5.74, 6) is -0.812. The van der Waals surface area contributed by atoms with E-state index >= 15 is 0 Å². The number of hydrogen-bond donors (Lipinski definition) is 1. The van der Waals surface area contributed by atoms with Gasteiger partial charge in [-0.15, -0.1) is 0 Å². The van der Waals surface area contributed by atoms with E-state index in [0.29, 0.717) is 6.42 Å². The molecule has 0 aliphatic heterocycles. The van der Waals surface area contributed by atoms with Gasteiger partial charge in [0.05, 0.1) is 22.3 Å². The molecular weight excluding hydrogens is 308 g/mol. The Hall–Kier alpha value is -1.62. The predicted octanol–water partition coefficient (Wildman–Crippen LogP) is 3.27. The lowest BCUT2D eigenvalue weighted by Gasteiger charge is -2.06. The minimum atomic E-state index is -0.812. The van der Waals surface area contributed by atoms with Crippen LogP contribution >= 0.6 is 15.9 Å². The number of nitrogens with zero attached hydrogens (tertiary/aromatic N) is 2. The van der Waals surface area contributed by atoms with Crippen LogP contribution in [0.4, 0.5) is 0 Å². The van der Waals surface area contributed by atoms with Gasteiger partial charge in [-0.25, -0.2) is 4.68 Å². The van der Waals surface area contributed by atoms with Gasteiger partial charge in [0.25, 0.3) is 0 Å². The van der Waals surface area contributed by atoms with Gasteiger partial charge in [0.15, 0.2) is 0 Å². The first-order valence-corrected chi connectivity index (χ1v) is 6.80. The molecule has 1 aromatic carbocycles. The van der Waals surface area contributed by atoms with E-state index < -0.39 is 5.97 Å². The minimum absolute atomic E-state index is 0.0858. The summed E-state index contributed by atoms with van der Waals surface area (Å²) in [6, 6.07) is 6.15. The van der Waals surface area contributed by atoms with E-state index in [4.69, 9.17) is 5.11 Å². The van der Waals surface area contributed by atoms with Crippen LogP contribution < -0.4 is 0 Å². The second kappa shape index (κ2) is 5.57. The van der Waals surface area contributed by atoms with Crippen LogP contribution in [0.2, 0.25) is 0 Å². The summed E-state index contributed by atoms with van der Waals surface area (Å²) >= 11 is 3.43. The number of aliphatic carboxylic acids is 1. The van der Waals surface area contributed by atoms with Crippen molar-refractivity contribution in [2.24, 2.45) is 0 Å². The lowest BCUT2D eigenvalue weighted by atomic mass is 10.1. The Kier molecular flexibility index (Phi) is 4.04. The van der Waals surface area contributed by atoms with Crippen molar-refractivity contribution in [3.63, 3.8) is 0 Å². The largest absolute Gasteiger partial charge is 0.481 e. The average molecular weight is 323 g/mol. The number of rotatable bonds is 4. The molecule has 2 rings (SSSR count). The van der Waals surface area contributed by atoms with E-state index in [-0.39, 0.29) is 6.42 Å². The number of halogens is 1. The summed E-state index contributed by atoms with van der Waals surface area (Å²) < 4.78 is 2.63. The molecule has 0 amide bonds. The molecule has 1 N–H and O–H groups in total. The Morgan fingerprint density at radius 3 is 2.79 bits per heavy atom. The third-order valence-electron chi connectivity index (χ3n) is 2.91. The standard InChI is InChI=1S/C14H15BrN2O2/c1-9-3-5-13(10(2)7-9)17-8-11(15)12(16-17)4-6-14(18)19/h3,5,7-8H,4,6H2,1-2H3,(H,18,19). The van der Waals surface area contributed by atoms with E-state index in [1.807, 2.05) is 32.2 Å². The Labute approximate surface area is 120 Å². The molecule has 0 spiro atoms. The zero-order valence-corrected chi connectivity index (χ0v) is 12.4. The maximum absolute atomic E-state index is 10.6. The third-order valence-corrected chi connectivity index (χ3v) is 3.58. The molecule has 0 saturated heterocycles. The number of carboxylic acids is 1. The van der Waals surface area contributed by atoms with Crippen LogP contribution in [-0.4, -0.2) is 20.9 Å². The van der Waals surface area contributed by atoms with Crippen LogP contribution in [0.25, 0.3) is 5.69 Å². The molecular formula is C14H15BrN2O2. The Balaban J connectivity index is 2.31. The fourth-order valence-electron chi connectivity index (χ4n) is 1.97. The molecule has 0 aliphatic carbocycles. The van der Waals surface area contributed by atoms with Gasteiger partial charge in [0.2, 0.25) is 0 Å². The van der Waals surface area contributed by atoms with Crippen molar-refractivity contribution in [3.8, 4) is 5.69 Å².